The fourth-order valence-corrected chi connectivity index (χ4v) is 3.62. The summed E-state index contributed by atoms with van der Waals surface area (Å²) in [7, 11) is 0. The van der Waals surface area contributed by atoms with Crippen molar-refractivity contribution >= 4 is 33.6 Å². The molecule has 0 aliphatic carbocycles. The lowest BCUT2D eigenvalue weighted by atomic mass is 10.1. The largest absolute Gasteiger partial charge is 0.338 e. The molecule has 9 heteroatoms. The van der Waals surface area contributed by atoms with E-state index in [0.717, 1.165) is 6.42 Å². The zero-order valence-electron chi connectivity index (χ0n) is 12.9. The molecule has 2 unspecified atom stereocenters. The molecule has 24 heavy (non-hydrogen) atoms. The van der Waals surface area contributed by atoms with Gasteiger partial charge < -0.3 is 9.84 Å². The van der Waals surface area contributed by atoms with E-state index in [-0.39, 0.29) is 23.3 Å². The number of amides is 1. The van der Waals surface area contributed by atoms with Gasteiger partial charge in [0.2, 0.25) is 17.6 Å². The maximum Gasteiger partial charge on any atom is 0.237 e. The number of carbonyl (C=O) groups is 1. The number of hydrogen-bond donors (Lipinski definition) is 2. The van der Waals surface area contributed by atoms with Crippen LogP contribution in [0.2, 0.25) is 0 Å². The van der Waals surface area contributed by atoms with E-state index >= 15 is 0 Å². The lowest BCUT2D eigenvalue weighted by Crippen LogP contribution is -2.54. The first kappa shape index (κ1) is 17.4. The molecule has 1 aromatic carbocycles. The number of benzene rings is 1. The molecule has 1 aromatic heterocycles. The Labute approximate surface area is 151 Å². The van der Waals surface area contributed by atoms with E-state index in [9.17, 15) is 9.18 Å². The second-order valence-corrected chi connectivity index (χ2v) is 7.32. The Morgan fingerprint density at radius 2 is 2.33 bits per heavy atom. The van der Waals surface area contributed by atoms with E-state index in [2.05, 4.69) is 36.7 Å². The lowest BCUT2D eigenvalue weighted by molar-refractivity contribution is -0.123. The van der Waals surface area contributed by atoms with Gasteiger partial charge in [0, 0.05) is 18.0 Å². The van der Waals surface area contributed by atoms with Gasteiger partial charge in [0.15, 0.2) is 0 Å². The predicted octanol–water partition coefficient (Wildman–Crippen LogP) is 3.04. The molecule has 0 radical (unpaired) electrons. The maximum absolute atomic E-state index is 13.3. The van der Waals surface area contributed by atoms with Crippen molar-refractivity contribution in [1.82, 2.24) is 20.8 Å². The van der Waals surface area contributed by atoms with Gasteiger partial charge >= 0.3 is 0 Å². The first-order chi connectivity index (χ1) is 11.5. The predicted molar refractivity (Wildman–Crippen MR) is 92.4 cm³/mol. The second kappa shape index (κ2) is 7.62. The summed E-state index contributed by atoms with van der Waals surface area (Å²) in [5.41, 5.74) is 0.491. The number of hydrogen-bond acceptors (Lipinski definition) is 6. The van der Waals surface area contributed by atoms with Gasteiger partial charge in [0.1, 0.15) is 11.3 Å². The standard InChI is InChI=1S/C15H16BrFN4O2S/c1-2-9-6-12(22)19-15(18-9)24-7-13-20-14(21-23-13)8-3-4-11(17)10(16)5-8/h3-5,9,15,18H,2,6-7H2,1H3,(H,19,22). The van der Waals surface area contributed by atoms with Crippen molar-refractivity contribution < 1.29 is 13.7 Å². The van der Waals surface area contributed by atoms with E-state index in [0.29, 0.717) is 33.9 Å². The van der Waals surface area contributed by atoms with Crippen molar-refractivity contribution in [1.29, 1.82) is 0 Å². The van der Waals surface area contributed by atoms with Crippen LogP contribution in [0.5, 0.6) is 0 Å². The molecule has 0 spiro atoms. The van der Waals surface area contributed by atoms with Crippen LogP contribution in [0.1, 0.15) is 25.7 Å². The number of nitrogens with one attached hydrogen (secondary N) is 2. The highest BCUT2D eigenvalue weighted by molar-refractivity contribution is 9.10. The number of rotatable bonds is 5. The van der Waals surface area contributed by atoms with Crippen LogP contribution in [0.15, 0.2) is 27.2 Å². The monoisotopic (exact) mass is 414 g/mol. The average molecular weight is 415 g/mol. The number of halogens is 2. The summed E-state index contributed by atoms with van der Waals surface area (Å²) in [5.74, 6) is 1.01. The zero-order valence-corrected chi connectivity index (χ0v) is 15.3. The SMILES string of the molecule is CCC1CC(=O)NC(SCc2nc(-c3ccc(F)c(Br)c3)no2)N1. The van der Waals surface area contributed by atoms with E-state index in [1.54, 1.807) is 12.1 Å². The van der Waals surface area contributed by atoms with E-state index in [1.165, 1.54) is 17.8 Å². The number of thioether (sulfide) groups is 1. The third kappa shape index (κ3) is 4.14. The van der Waals surface area contributed by atoms with Gasteiger partial charge in [-0.1, -0.05) is 12.1 Å². The molecule has 0 bridgehead atoms. The summed E-state index contributed by atoms with van der Waals surface area (Å²) < 4.78 is 18.9. The number of nitrogens with zero attached hydrogens (tertiary/aromatic N) is 2. The highest BCUT2D eigenvalue weighted by atomic mass is 79.9. The van der Waals surface area contributed by atoms with Gasteiger partial charge in [-0.2, -0.15) is 4.98 Å². The minimum absolute atomic E-state index is 0.0421. The van der Waals surface area contributed by atoms with Crippen LogP contribution >= 0.6 is 27.7 Å². The van der Waals surface area contributed by atoms with Crippen molar-refractivity contribution in [2.45, 2.75) is 37.1 Å². The Kier molecular flexibility index (Phi) is 5.52. The summed E-state index contributed by atoms with van der Waals surface area (Å²) in [5, 5.41) is 10.1. The van der Waals surface area contributed by atoms with E-state index in [1.807, 2.05) is 6.92 Å². The molecule has 2 heterocycles. The molecule has 1 saturated heterocycles. The van der Waals surface area contributed by atoms with Crippen LogP contribution in [0.25, 0.3) is 11.4 Å². The lowest BCUT2D eigenvalue weighted by Gasteiger charge is -2.30. The van der Waals surface area contributed by atoms with Crippen LogP contribution in [0.3, 0.4) is 0 Å². The average Bonchev–Trinajstić information content (AvgIpc) is 3.04. The molecule has 6 nitrogen and oxygen atoms in total. The maximum atomic E-state index is 13.3. The van der Waals surface area contributed by atoms with Crippen molar-refractivity contribution in [2.24, 2.45) is 0 Å². The number of aromatic nitrogens is 2. The molecule has 1 fully saturated rings. The third-order valence-electron chi connectivity index (χ3n) is 3.62. The van der Waals surface area contributed by atoms with Crippen LogP contribution < -0.4 is 10.6 Å². The normalized spacial score (nSPS) is 20.9. The van der Waals surface area contributed by atoms with Gasteiger partial charge in [-0.15, -0.1) is 11.8 Å². The molecule has 2 N–H and O–H groups in total. The summed E-state index contributed by atoms with van der Waals surface area (Å²) in [6.45, 7) is 2.04. The van der Waals surface area contributed by atoms with Crippen LogP contribution in [0, 0.1) is 5.82 Å². The molecule has 1 aliphatic rings. The van der Waals surface area contributed by atoms with Gasteiger partial charge in [-0.25, -0.2) is 4.39 Å². The molecule has 1 aliphatic heterocycles. The van der Waals surface area contributed by atoms with E-state index < -0.39 is 0 Å². The summed E-state index contributed by atoms with van der Waals surface area (Å²) in [6, 6.07) is 4.73. The Bertz CT molecular complexity index is 742. The molecule has 2 aromatic rings. The van der Waals surface area contributed by atoms with Crippen LogP contribution in [-0.4, -0.2) is 27.6 Å². The van der Waals surface area contributed by atoms with Gasteiger partial charge in [0.25, 0.3) is 0 Å². The Morgan fingerprint density at radius 1 is 1.50 bits per heavy atom. The number of carbonyl (C=O) groups excluding carboxylic acids is 1. The second-order valence-electron chi connectivity index (χ2n) is 5.38. The van der Waals surface area contributed by atoms with Gasteiger partial charge in [-0.05, 0) is 40.5 Å². The zero-order chi connectivity index (χ0) is 17.1. The van der Waals surface area contributed by atoms with Crippen LogP contribution in [-0.2, 0) is 10.5 Å². The van der Waals surface area contributed by atoms with Gasteiger partial charge in [-0.3, -0.25) is 10.1 Å². The molecule has 1 amide bonds. The Morgan fingerprint density at radius 3 is 3.08 bits per heavy atom. The first-order valence-electron chi connectivity index (χ1n) is 7.50. The van der Waals surface area contributed by atoms with Crippen LogP contribution in [0.4, 0.5) is 4.39 Å². The molecule has 0 saturated carbocycles. The first-order valence-corrected chi connectivity index (χ1v) is 9.34. The van der Waals surface area contributed by atoms with Crippen molar-refractivity contribution in [3.05, 3.63) is 34.4 Å². The van der Waals surface area contributed by atoms with Crippen molar-refractivity contribution in [3.8, 4) is 11.4 Å². The van der Waals surface area contributed by atoms with E-state index in [4.69, 9.17) is 4.52 Å². The molecule has 2 atom stereocenters. The summed E-state index contributed by atoms with van der Waals surface area (Å²) >= 11 is 4.62. The highest BCUT2D eigenvalue weighted by Crippen LogP contribution is 2.24. The van der Waals surface area contributed by atoms with Gasteiger partial charge in [0.05, 0.1) is 10.2 Å². The topological polar surface area (TPSA) is 80.1 Å². The smallest absolute Gasteiger partial charge is 0.237 e. The summed E-state index contributed by atoms with van der Waals surface area (Å²) in [6.07, 6.45) is 1.40. The quantitative estimate of drug-likeness (QED) is 0.782. The minimum atomic E-state index is -0.345. The fourth-order valence-electron chi connectivity index (χ4n) is 2.32. The fraction of sp³-hybridized carbons (Fsp3) is 0.400. The molecule has 3 rings (SSSR count). The van der Waals surface area contributed by atoms with Crippen molar-refractivity contribution in [2.75, 3.05) is 0 Å². The highest BCUT2D eigenvalue weighted by Gasteiger charge is 2.25. The third-order valence-corrected chi connectivity index (χ3v) is 5.23. The minimum Gasteiger partial charge on any atom is -0.338 e. The molecular formula is C15H16BrFN4O2S. The Hall–Kier alpha value is -1.45. The van der Waals surface area contributed by atoms with Crippen molar-refractivity contribution in [3.63, 3.8) is 0 Å². The molecule has 128 valence electrons. The summed E-state index contributed by atoms with van der Waals surface area (Å²) in [4.78, 5) is 16.0. The molecular weight excluding hydrogens is 399 g/mol. The Balaban J connectivity index is 1.62.